The summed E-state index contributed by atoms with van der Waals surface area (Å²) in [5.41, 5.74) is 6.45. The van der Waals surface area contributed by atoms with Crippen molar-refractivity contribution in [2.45, 2.75) is 40.0 Å². The Labute approximate surface area is 115 Å². The van der Waals surface area contributed by atoms with Crippen LogP contribution in [0.3, 0.4) is 0 Å². The smallest absolute Gasteiger partial charge is 0.186 e. The summed E-state index contributed by atoms with van der Waals surface area (Å²) in [7, 11) is 0. The predicted octanol–water partition coefficient (Wildman–Crippen LogP) is 3.15. The molecule has 0 unspecified atom stereocenters. The van der Waals surface area contributed by atoms with E-state index in [2.05, 4.69) is 49.3 Å². The number of rotatable bonds is 4. The minimum absolute atomic E-state index is 0.506. The van der Waals surface area contributed by atoms with Crippen molar-refractivity contribution in [3.05, 3.63) is 23.8 Å². The highest BCUT2D eigenvalue weighted by Gasteiger charge is 2.18. The van der Waals surface area contributed by atoms with Crippen molar-refractivity contribution >= 4 is 23.0 Å². The second kappa shape index (κ2) is 7.31. The number of hydrogen-bond donors (Lipinski definition) is 2. The molecular weight excluding hydrogens is 242 g/mol. The Morgan fingerprint density at radius 2 is 2.33 bits per heavy atom. The first-order valence-electron chi connectivity index (χ1n) is 6.47. The zero-order valence-corrected chi connectivity index (χ0v) is 12.4. The molecule has 1 aliphatic rings. The topological polar surface area (TPSA) is 36.4 Å². The first kappa shape index (κ1) is 14.9. The van der Waals surface area contributed by atoms with Gasteiger partial charge in [-0.25, -0.2) is 0 Å². The highest BCUT2D eigenvalue weighted by Crippen LogP contribution is 2.26. The Morgan fingerprint density at radius 1 is 1.61 bits per heavy atom. The first-order valence-corrected chi connectivity index (χ1v) is 6.88. The van der Waals surface area contributed by atoms with Gasteiger partial charge in [0, 0.05) is 6.54 Å². The molecule has 0 radical (unpaired) electrons. The van der Waals surface area contributed by atoms with Crippen molar-refractivity contribution in [1.29, 1.82) is 0 Å². The van der Waals surface area contributed by atoms with Gasteiger partial charge in [0.2, 0.25) is 0 Å². The SMILES string of the molecule is C=C(C)[C@H]1CC=C(C)/C(=N\NC(=S)NCCC)C1. The summed E-state index contributed by atoms with van der Waals surface area (Å²) >= 11 is 5.14. The van der Waals surface area contributed by atoms with Crippen LogP contribution in [0.5, 0.6) is 0 Å². The lowest BCUT2D eigenvalue weighted by Gasteiger charge is -2.22. The number of nitrogens with zero attached hydrogens (tertiary/aromatic N) is 1. The maximum Gasteiger partial charge on any atom is 0.186 e. The Kier molecular flexibility index (Phi) is 6.05. The Hall–Kier alpha value is -1.16. The van der Waals surface area contributed by atoms with E-state index in [1.165, 1.54) is 11.1 Å². The van der Waals surface area contributed by atoms with Crippen LogP contribution in [0.4, 0.5) is 0 Å². The molecule has 0 saturated heterocycles. The van der Waals surface area contributed by atoms with E-state index in [-0.39, 0.29) is 0 Å². The lowest BCUT2D eigenvalue weighted by Crippen LogP contribution is -2.33. The summed E-state index contributed by atoms with van der Waals surface area (Å²) in [5.74, 6) is 0.506. The number of allylic oxidation sites excluding steroid dienone is 3. The van der Waals surface area contributed by atoms with Gasteiger partial charge >= 0.3 is 0 Å². The standard InChI is InChI=1S/C14H23N3S/c1-5-8-15-14(18)17-16-13-9-12(10(2)3)7-6-11(13)4/h6,12H,2,5,7-9H2,1,3-4H3,(H2,15,17,18)/b16-13-/t12-/m0/s1. The molecule has 100 valence electrons. The van der Waals surface area contributed by atoms with Crippen LogP contribution in [0.2, 0.25) is 0 Å². The summed E-state index contributed by atoms with van der Waals surface area (Å²) in [4.78, 5) is 0. The van der Waals surface area contributed by atoms with Crippen molar-refractivity contribution in [3.8, 4) is 0 Å². The van der Waals surface area contributed by atoms with E-state index in [4.69, 9.17) is 12.2 Å². The lowest BCUT2D eigenvalue weighted by atomic mass is 9.85. The third-order valence-corrected chi connectivity index (χ3v) is 3.36. The monoisotopic (exact) mass is 265 g/mol. The maximum absolute atomic E-state index is 5.14. The molecule has 1 rings (SSSR count). The van der Waals surface area contributed by atoms with E-state index in [0.717, 1.165) is 31.5 Å². The Bertz CT molecular complexity index is 383. The molecule has 0 fully saturated rings. The average molecular weight is 265 g/mol. The molecule has 1 aliphatic carbocycles. The molecule has 18 heavy (non-hydrogen) atoms. The van der Waals surface area contributed by atoms with Crippen molar-refractivity contribution in [3.63, 3.8) is 0 Å². The van der Waals surface area contributed by atoms with Gasteiger partial charge in [-0.15, -0.1) is 0 Å². The Balaban J connectivity index is 2.58. The molecule has 0 aliphatic heterocycles. The zero-order valence-electron chi connectivity index (χ0n) is 11.5. The summed E-state index contributed by atoms with van der Waals surface area (Å²) < 4.78 is 0. The predicted molar refractivity (Wildman–Crippen MR) is 82.8 cm³/mol. The van der Waals surface area contributed by atoms with Crippen LogP contribution in [0, 0.1) is 5.92 Å². The van der Waals surface area contributed by atoms with Gasteiger partial charge in [0.1, 0.15) is 0 Å². The van der Waals surface area contributed by atoms with E-state index in [1.807, 2.05) is 0 Å². The van der Waals surface area contributed by atoms with Crippen LogP contribution in [0.25, 0.3) is 0 Å². The third-order valence-electron chi connectivity index (χ3n) is 3.13. The van der Waals surface area contributed by atoms with Crippen molar-refractivity contribution < 1.29 is 0 Å². The van der Waals surface area contributed by atoms with Crippen molar-refractivity contribution in [1.82, 2.24) is 10.7 Å². The summed E-state index contributed by atoms with van der Waals surface area (Å²) in [6.07, 6.45) is 5.29. The molecule has 0 saturated carbocycles. The molecule has 0 aromatic heterocycles. The van der Waals surface area contributed by atoms with Crippen LogP contribution >= 0.6 is 12.2 Å². The fourth-order valence-corrected chi connectivity index (χ4v) is 1.97. The van der Waals surface area contributed by atoms with Crippen LogP contribution in [0.1, 0.15) is 40.0 Å². The second-order valence-electron chi connectivity index (χ2n) is 4.80. The summed E-state index contributed by atoms with van der Waals surface area (Å²) in [6, 6.07) is 0. The molecule has 0 amide bonds. The van der Waals surface area contributed by atoms with Gasteiger partial charge in [0.25, 0.3) is 0 Å². The number of nitrogens with one attached hydrogen (secondary N) is 2. The largest absolute Gasteiger partial charge is 0.361 e. The van der Waals surface area contributed by atoms with E-state index in [1.54, 1.807) is 0 Å². The number of thiocarbonyl (C=S) groups is 1. The molecule has 3 nitrogen and oxygen atoms in total. The van der Waals surface area contributed by atoms with E-state index < -0.39 is 0 Å². The van der Waals surface area contributed by atoms with Crippen molar-refractivity contribution in [2.75, 3.05) is 6.54 Å². The molecule has 0 spiro atoms. The fraction of sp³-hybridized carbons (Fsp3) is 0.571. The second-order valence-corrected chi connectivity index (χ2v) is 5.20. The molecule has 1 atom stereocenters. The molecule has 4 heteroatoms. The highest BCUT2D eigenvalue weighted by atomic mass is 32.1. The minimum atomic E-state index is 0.506. The van der Waals surface area contributed by atoms with Gasteiger partial charge in [-0.3, -0.25) is 5.43 Å². The number of hydrazone groups is 1. The normalized spacial score (nSPS) is 21.4. The van der Waals surface area contributed by atoms with Gasteiger partial charge in [-0.2, -0.15) is 5.10 Å². The number of hydrogen-bond acceptors (Lipinski definition) is 2. The highest BCUT2D eigenvalue weighted by molar-refractivity contribution is 7.80. The minimum Gasteiger partial charge on any atom is -0.361 e. The van der Waals surface area contributed by atoms with E-state index in [9.17, 15) is 0 Å². The van der Waals surface area contributed by atoms with Gasteiger partial charge in [-0.05, 0) is 56.8 Å². The first-order chi connectivity index (χ1) is 8.54. The quantitative estimate of drug-likeness (QED) is 0.466. The van der Waals surface area contributed by atoms with Gasteiger partial charge < -0.3 is 5.32 Å². The molecule has 0 aromatic rings. The van der Waals surface area contributed by atoms with E-state index >= 15 is 0 Å². The van der Waals surface area contributed by atoms with Crippen LogP contribution in [-0.2, 0) is 0 Å². The Morgan fingerprint density at radius 3 is 2.94 bits per heavy atom. The molecule has 2 N–H and O–H groups in total. The third kappa shape index (κ3) is 4.61. The average Bonchev–Trinajstić information content (AvgIpc) is 2.35. The maximum atomic E-state index is 5.14. The van der Waals surface area contributed by atoms with Crippen LogP contribution in [-0.4, -0.2) is 17.4 Å². The molecule has 0 bridgehead atoms. The zero-order chi connectivity index (χ0) is 13.5. The van der Waals surface area contributed by atoms with E-state index in [0.29, 0.717) is 11.0 Å². The molecule has 0 heterocycles. The lowest BCUT2D eigenvalue weighted by molar-refractivity contribution is 0.636. The van der Waals surface area contributed by atoms with Gasteiger partial charge in [-0.1, -0.05) is 25.2 Å². The molecular formula is C14H23N3S. The van der Waals surface area contributed by atoms with Crippen LogP contribution in [0.15, 0.2) is 28.9 Å². The van der Waals surface area contributed by atoms with Crippen molar-refractivity contribution in [2.24, 2.45) is 11.0 Å². The summed E-state index contributed by atoms with van der Waals surface area (Å²) in [5, 5.41) is 8.09. The molecule has 0 aromatic carbocycles. The van der Waals surface area contributed by atoms with Gasteiger partial charge in [0.15, 0.2) is 5.11 Å². The van der Waals surface area contributed by atoms with Crippen LogP contribution < -0.4 is 10.7 Å². The summed E-state index contributed by atoms with van der Waals surface area (Å²) in [6.45, 7) is 11.2. The fourth-order valence-electron chi connectivity index (χ4n) is 1.82. The van der Waals surface area contributed by atoms with Gasteiger partial charge in [0.05, 0.1) is 5.71 Å².